The highest BCUT2D eigenvalue weighted by atomic mass is 16.3. The Labute approximate surface area is 75.9 Å². The summed E-state index contributed by atoms with van der Waals surface area (Å²) in [6.07, 6.45) is 2.68. The zero-order chi connectivity index (χ0) is 9.42. The van der Waals surface area contributed by atoms with Crippen molar-refractivity contribution in [2.45, 2.75) is 25.3 Å². The van der Waals surface area contributed by atoms with Gasteiger partial charge in [0.05, 0.1) is 0 Å². The van der Waals surface area contributed by atoms with Gasteiger partial charge in [0.15, 0.2) is 0 Å². The number of nitrogens with zero attached hydrogens (tertiary/aromatic N) is 2. The van der Waals surface area contributed by atoms with E-state index < -0.39 is 6.73 Å². The lowest BCUT2D eigenvalue weighted by Crippen LogP contribution is -2.39. The first-order valence-electron chi connectivity index (χ1n) is 4.48. The molecule has 5 heteroatoms. The van der Waals surface area contributed by atoms with Crippen LogP contribution in [0.1, 0.15) is 19.3 Å². The Balaban J connectivity index is 2.22. The highest BCUT2D eigenvalue weighted by Gasteiger charge is 2.45. The molecule has 3 amide bonds. The van der Waals surface area contributed by atoms with Crippen LogP contribution in [-0.4, -0.2) is 46.2 Å². The lowest BCUT2D eigenvalue weighted by Gasteiger charge is -2.25. The van der Waals surface area contributed by atoms with Gasteiger partial charge in [0.2, 0.25) is 0 Å². The van der Waals surface area contributed by atoms with Crippen molar-refractivity contribution in [2.24, 2.45) is 0 Å². The third kappa shape index (κ3) is 1.11. The van der Waals surface area contributed by atoms with Gasteiger partial charge in [-0.3, -0.25) is 4.79 Å². The molecule has 1 N–H and O–H groups in total. The lowest BCUT2D eigenvalue weighted by molar-refractivity contribution is -0.131. The Morgan fingerprint density at radius 1 is 1.38 bits per heavy atom. The topological polar surface area (TPSA) is 60.9 Å². The standard InChI is InChI=1S/C8H12N2O3/c11-5-10-7(12)6-3-1-2-4-9(6)8(10)13/h6,11H,1-5H2. The fraction of sp³-hybridized carbons (Fsp3) is 0.750. The van der Waals surface area contributed by atoms with E-state index in [2.05, 4.69) is 0 Å². The van der Waals surface area contributed by atoms with Crippen LogP contribution in [0.15, 0.2) is 0 Å². The molecule has 0 aliphatic carbocycles. The molecule has 2 aliphatic rings. The highest BCUT2D eigenvalue weighted by Crippen LogP contribution is 2.25. The minimum Gasteiger partial charge on any atom is -0.376 e. The van der Waals surface area contributed by atoms with E-state index >= 15 is 0 Å². The average molecular weight is 184 g/mol. The van der Waals surface area contributed by atoms with Crippen LogP contribution in [-0.2, 0) is 4.79 Å². The number of imide groups is 1. The molecule has 0 radical (unpaired) electrons. The maximum atomic E-state index is 11.5. The maximum Gasteiger partial charge on any atom is 0.329 e. The lowest BCUT2D eigenvalue weighted by atomic mass is 10.0. The summed E-state index contributed by atoms with van der Waals surface area (Å²) in [5.74, 6) is -0.243. The van der Waals surface area contributed by atoms with Crippen LogP contribution in [0.5, 0.6) is 0 Å². The Bertz CT molecular complexity index is 230. The molecule has 2 rings (SSSR count). The number of carbonyl (C=O) groups is 2. The van der Waals surface area contributed by atoms with Gasteiger partial charge in [0.25, 0.3) is 5.91 Å². The number of piperidine rings is 1. The number of rotatable bonds is 1. The Hall–Kier alpha value is -1.10. The number of aliphatic hydroxyl groups is 1. The van der Waals surface area contributed by atoms with E-state index in [0.717, 1.165) is 24.2 Å². The van der Waals surface area contributed by atoms with E-state index in [1.54, 1.807) is 4.90 Å². The van der Waals surface area contributed by atoms with Crippen molar-refractivity contribution in [2.75, 3.05) is 13.3 Å². The number of urea groups is 1. The molecule has 72 valence electrons. The van der Waals surface area contributed by atoms with Crippen LogP contribution in [0.2, 0.25) is 0 Å². The second-order valence-electron chi connectivity index (χ2n) is 3.40. The monoisotopic (exact) mass is 184 g/mol. The van der Waals surface area contributed by atoms with Gasteiger partial charge in [-0.2, -0.15) is 0 Å². The minimum atomic E-state index is -0.495. The normalized spacial score (nSPS) is 28.2. The molecule has 1 unspecified atom stereocenters. The SMILES string of the molecule is O=C1C2CCCCN2C(=O)N1CO. The van der Waals surface area contributed by atoms with Crippen LogP contribution in [0.4, 0.5) is 4.79 Å². The van der Waals surface area contributed by atoms with Crippen LogP contribution in [0.3, 0.4) is 0 Å². The molecular formula is C8H12N2O3. The van der Waals surface area contributed by atoms with Crippen LogP contribution in [0.25, 0.3) is 0 Å². The minimum absolute atomic E-state index is 0.243. The quantitative estimate of drug-likeness (QED) is 0.572. The first kappa shape index (κ1) is 8.50. The predicted molar refractivity (Wildman–Crippen MR) is 43.7 cm³/mol. The third-order valence-electron chi connectivity index (χ3n) is 2.67. The van der Waals surface area contributed by atoms with E-state index in [4.69, 9.17) is 5.11 Å². The fourth-order valence-corrected chi connectivity index (χ4v) is 1.98. The zero-order valence-corrected chi connectivity index (χ0v) is 7.27. The molecule has 0 spiro atoms. The van der Waals surface area contributed by atoms with Crippen molar-refractivity contribution in [3.8, 4) is 0 Å². The van der Waals surface area contributed by atoms with Gasteiger partial charge < -0.3 is 10.0 Å². The van der Waals surface area contributed by atoms with Gasteiger partial charge in [0.1, 0.15) is 12.8 Å². The molecule has 2 saturated heterocycles. The predicted octanol–water partition coefficient (Wildman–Crippen LogP) is -0.247. The highest BCUT2D eigenvalue weighted by molar-refractivity contribution is 6.04. The van der Waals surface area contributed by atoms with Gasteiger partial charge in [-0.1, -0.05) is 0 Å². The number of fused-ring (bicyclic) bond motifs is 1. The number of aliphatic hydroxyl groups excluding tert-OH is 1. The van der Waals surface area contributed by atoms with Gasteiger partial charge >= 0.3 is 6.03 Å². The fourth-order valence-electron chi connectivity index (χ4n) is 1.98. The summed E-state index contributed by atoms with van der Waals surface area (Å²) in [6.45, 7) is 0.149. The Morgan fingerprint density at radius 3 is 2.77 bits per heavy atom. The number of carbonyl (C=O) groups excluding carboxylic acids is 2. The van der Waals surface area contributed by atoms with Crippen molar-refractivity contribution < 1.29 is 14.7 Å². The molecule has 0 aromatic rings. The number of hydrogen-bond acceptors (Lipinski definition) is 3. The Kier molecular flexibility index (Phi) is 1.95. The second-order valence-corrected chi connectivity index (χ2v) is 3.40. The van der Waals surface area contributed by atoms with Crippen LogP contribution < -0.4 is 0 Å². The summed E-state index contributed by atoms with van der Waals surface area (Å²) >= 11 is 0. The molecular weight excluding hydrogens is 172 g/mol. The van der Waals surface area contributed by atoms with Crippen molar-refractivity contribution in [3.63, 3.8) is 0 Å². The summed E-state index contributed by atoms with van der Waals surface area (Å²) in [7, 11) is 0. The van der Waals surface area contributed by atoms with E-state index in [1.807, 2.05) is 0 Å². The molecule has 0 saturated carbocycles. The largest absolute Gasteiger partial charge is 0.376 e. The molecule has 5 nitrogen and oxygen atoms in total. The van der Waals surface area contributed by atoms with E-state index in [9.17, 15) is 9.59 Å². The summed E-state index contributed by atoms with van der Waals surface area (Å²) < 4.78 is 0. The van der Waals surface area contributed by atoms with E-state index in [0.29, 0.717) is 6.54 Å². The van der Waals surface area contributed by atoms with Gasteiger partial charge in [-0.15, -0.1) is 0 Å². The Morgan fingerprint density at radius 2 is 2.15 bits per heavy atom. The van der Waals surface area contributed by atoms with Crippen molar-refractivity contribution in [1.82, 2.24) is 9.80 Å². The molecule has 2 heterocycles. The molecule has 1 atom stereocenters. The maximum absolute atomic E-state index is 11.5. The van der Waals surface area contributed by atoms with Crippen molar-refractivity contribution in [3.05, 3.63) is 0 Å². The van der Waals surface area contributed by atoms with E-state index in [1.165, 1.54) is 0 Å². The van der Waals surface area contributed by atoms with Gasteiger partial charge in [-0.25, -0.2) is 9.69 Å². The zero-order valence-electron chi connectivity index (χ0n) is 7.27. The summed E-state index contributed by atoms with van der Waals surface area (Å²) in [4.78, 5) is 25.4. The smallest absolute Gasteiger partial charge is 0.329 e. The summed E-state index contributed by atoms with van der Waals surface area (Å²) in [5.41, 5.74) is 0. The first-order valence-corrected chi connectivity index (χ1v) is 4.48. The molecule has 2 aliphatic heterocycles. The average Bonchev–Trinajstić information content (AvgIpc) is 2.41. The van der Waals surface area contributed by atoms with Gasteiger partial charge in [-0.05, 0) is 19.3 Å². The molecule has 13 heavy (non-hydrogen) atoms. The molecule has 0 bridgehead atoms. The number of hydrogen-bond donors (Lipinski definition) is 1. The second kappa shape index (κ2) is 2.99. The summed E-state index contributed by atoms with van der Waals surface area (Å²) in [6, 6.07) is -0.634. The molecule has 0 aromatic heterocycles. The van der Waals surface area contributed by atoms with Crippen molar-refractivity contribution >= 4 is 11.9 Å². The van der Waals surface area contributed by atoms with Crippen LogP contribution in [0, 0.1) is 0 Å². The summed E-state index contributed by atoms with van der Waals surface area (Å²) in [5, 5.41) is 8.81. The first-order chi connectivity index (χ1) is 6.25. The molecule has 2 fully saturated rings. The van der Waals surface area contributed by atoms with Crippen molar-refractivity contribution in [1.29, 1.82) is 0 Å². The van der Waals surface area contributed by atoms with E-state index in [-0.39, 0.29) is 18.0 Å². The van der Waals surface area contributed by atoms with Gasteiger partial charge in [0, 0.05) is 6.54 Å². The number of amides is 3. The molecule has 0 aromatic carbocycles. The third-order valence-corrected chi connectivity index (χ3v) is 2.67. The van der Waals surface area contributed by atoms with Crippen LogP contribution >= 0.6 is 0 Å².